The van der Waals surface area contributed by atoms with Crippen LogP contribution in [0.4, 0.5) is 17.1 Å². The largest absolute Gasteiger partial charge is 0.310 e. The van der Waals surface area contributed by atoms with Gasteiger partial charge in [0.1, 0.15) is 0 Å². The van der Waals surface area contributed by atoms with Crippen molar-refractivity contribution in [3.8, 4) is 55.6 Å². The molecule has 12 aromatic rings. The molecule has 84 heavy (non-hydrogen) atoms. The number of fused-ring (bicyclic) bond motifs is 8. The normalized spacial score (nSPS) is 15.6. The molecule has 2 unspecified atom stereocenters. The molecule has 0 radical (unpaired) electrons. The number of para-hydroxylation sites is 1. The van der Waals surface area contributed by atoms with Gasteiger partial charge in [-0.1, -0.05) is 275 Å². The Morgan fingerprint density at radius 1 is 0.464 bits per heavy atom. The van der Waals surface area contributed by atoms with Crippen LogP contribution in [0.5, 0.6) is 0 Å². The lowest BCUT2D eigenvalue weighted by Gasteiger charge is -2.33. The first kappa shape index (κ1) is 51.3. The summed E-state index contributed by atoms with van der Waals surface area (Å²) in [4.78, 5) is 2.47. The average molecular weight is 1080 g/mol. The van der Waals surface area contributed by atoms with Crippen LogP contribution in [0.1, 0.15) is 56.7 Å². The van der Waals surface area contributed by atoms with Crippen LogP contribution in [-0.2, 0) is 11.8 Å². The van der Waals surface area contributed by atoms with Crippen molar-refractivity contribution in [2.45, 2.75) is 51.9 Å². The maximum atomic E-state index is 2.61. The molecular formula is C83H67N. The predicted octanol–water partition coefficient (Wildman–Crippen LogP) is 20.9. The summed E-state index contributed by atoms with van der Waals surface area (Å²) in [5, 5.41) is 10.4. The highest BCUT2D eigenvalue weighted by Crippen LogP contribution is 2.52. The van der Waals surface area contributed by atoms with Gasteiger partial charge in [-0.25, -0.2) is 0 Å². The molecule has 0 amide bonds. The SMILES string of the molecule is C[C@@H](C1C=c2ccc3ccccc3c2=CC1)C(Cc1ccc2c(-c3ccc(-c4ccccc4)cc3)c3cc(N(c4ccccc4)c4ccc5c(c4)C(C)(C)c4ccccc4-5)ccc3c(-c3ccc(-c4ccccc4)cc3)c2c1)C1=CC=CCC1. The monoisotopic (exact) mass is 1080 g/mol. The van der Waals surface area contributed by atoms with Gasteiger partial charge in [0.05, 0.1) is 0 Å². The minimum absolute atomic E-state index is 0.146. The minimum Gasteiger partial charge on any atom is -0.310 e. The zero-order chi connectivity index (χ0) is 56.3. The highest BCUT2D eigenvalue weighted by Gasteiger charge is 2.36. The van der Waals surface area contributed by atoms with E-state index in [4.69, 9.17) is 0 Å². The van der Waals surface area contributed by atoms with Crippen molar-refractivity contribution >= 4 is 61.5 Å². The van der Waals surface area contributed by atoms with Gasteiger partial charge in [-0.05, 0) is 195 Å². The van der Waals surface area contributed by atoms with Gasteiger partial charge < -0.3 is 4.90 Å². The Morgan fingerprint density at radius 3 is 1.73 bits per heavy atom. The Balaban J connectivity index is 0.934. The Bertz CT molecular complexity index is 4680. The summed E-state index contributed by atoms with van der Waals surface area (Å²) in [6.07, 6.45) is 16.4. The molecule has 0 aliphatic heterocycles. The molecule has 0 fully saturated rings. The van der Waals surface area contributed by atoms with Crippen LogP contribution in [0, 0.1) is 17.8 Å². The van der Waals surface area contributed by atoms with Crippen molar-refractivity contribution in [1.29, 1.82) is 0 Å². The molecule has 0 spiro atoms. The lowest BCUT2D eigenvalue weighted by atomic mass is 9.71. The standard InChI is InChI=1S/C83H67N/c1-55(65-43-47-71-66(52-65)42-37-62-26-16-17-29-70(62)71)76(61-24-12-6-13-25-61)50-56-32-46-74-77(51-56)81(63-38-33-59(34-39-63)57-20-8-4-9-21-57)75-49-45-68(53-78(75)82(74)64-40-35-60(36-41-64)58-22-10-5-11-23-58)84(67-27-14-7-15-28-67)69-44-48-73-72-30-18-19-31-79(72)83(2,3)80(73)54-69/h4-12,14-24,26-42,44-49,51-55,65,76H,13,25,43,50H2,1-3H3/t55-,65?,76?/m0/s1. The average Bonchev–Trinajstić information content (AvgIpc) is 1.37. The molecule has 1 heteroatoms. The summed E-state index contributed by atoms with van der Waals surface area (Å²) in [6, 6.07) is 95.7. The summed E-state index contributed by atoms with van der Waals surface area (Å²) >= 11 is 0. The number of nitrogens with zero attached hydrogens (tertiary/aromatic N) is 1. The molecule has 1 nitrogen and oxygen atoms in total. The van der Waals surface area contributed by atoms with Crippen molar-refractivity contribution < 1.29 is 0 Å². The Hall–Kier alpha value is -9.56. The molecule has 404 valence electrons. The van der Waals surface area contributed by atoms with E-state index in [9.17, 15) is 0 Å². The highest BCUT2D eigenvalue weighted by atomic mass is 15.1. The van der Waals surface area contributed by atoms with Crippen LogP contribution in [0.25, 0.3) is 100 Å². The Labute approximate surface area is 494 Å². The van der Waals surface area contributed by atoms with E-state index < -0.39 is 0 Å². The van der Waals surface area contributed by atoms with Crippen LogP contribution >= 0.6 is 0 Å². The van der Waals surface area contributed by atoms with Gasteiger partial charge in [0.2, 0.25) is 0 Å². The number of hydrogen-bond acceptors (Lipinski definition) is 1. The molecule has 0 N–H and O–H groups in total. The van der Waals surface area contributed by atoms with E-state index in [0.29, 0.717) is 17.8 Å². The van der Waals surface area contributed by atoms with Crippen LogP contribution < -0.4 is 15.3 Å². The van der Waals surface area contributed by atoms with Gasteiger partial charge >= 0.3 is 0 Å². The number of allylic oxidation sites excluding steroid dienone is 4. The lowest BCUT2D eigenvalue weighted by Crippen LogP contribution is -2.33. The Kier molecular flexibility index (Phi) is 13.0. The predicted molar refractivity (Wildman–Crippen MR) is 358 cm³/mol. The zero-order valence-electron chi connectivity index (χ0n) is 48.1. The minimum atomic E-state index is -0.146. The maximum Gasteiger partial charge on any atom is 0.0468 e. The summed E-state index contributed by atoms with van der Waals surface area (Å²) in [5.74, 6) is 1.22. The van der Waals surface area contributed by atoms with Gasteiger partial charge in [0.15, 0.2) is 0 Å². The van der Waals surface area contributed by atoms with E-state index in [0.717, 1.165) is 42.7 Å². The molecule has 3 aliphatic carbocycles. The van der Waals surface area contributed by atoms with E-state index in [-0.39, 0.29) is 5.41 Å². The molecule has 12 aromatic carbocycles. The van der Waals surface area contributed by atoms with E-state index in [2.05, 4.69) is 311 Å². The summed E-state index contributed by atoms with van der Waals surface area (Å²) < 4.78 is 0. The molecule has 3 aliphatic rings. The molecule has 3 atom stereocenters. The first-order valence-corrected chi connectivity index (χ1v) is 30.3. The van der Waals surface area contributed by atoms with Crippen molar-refractivity contribution in [3.05, 3.63) is 306 Å². The van der Waals surface area contributed by atoms with E-state index >= 15 is 0 Å². The lowest BCUT2D eigenvalue weighted by molar-refractivity contribution is 0.328. The molecule has 15 rings (SSSR count). The number of anilines is 3. The van der Waals surface area contributed by atoms with Gasteiger partial charge in [-0.3, -0.25) is 0 Å². The molecular weight excluding hydrogens is 1010 g/mol. The van der Waals surface area contributed by atoms with Gasteiger partial charge in [0.25, 0.3) is 0 Å². The van der Waals surface area contributed by atoms with Crippen LogP contribution in [0.15, 0.2) is 279 Å². The third kappa shape index (κ3) is 9.11. The van der Waals surface area contributed by atoms with Gasteiger partial charge in [-0.2, -0.15) is 0 Å². The smallest absolute Gasteiger partial charge is 0.0468 e. The number of rotatable bonds is 12. The van der Waals surface area contributed by atoms with Gasteiger partial charge in [0, 0.05) is 22.5 Å². The fraction of sp³-hybridized carbons (Fsp3) is 0.133. The third-order valence-corrected chi connectivity index (χ3v) is 19.1. The first-order chi connectivity index (χ1) is 41.3. The second kappa shape index (κ2) is 21.3. The number of hydrogen-bond donors (Lipinski definition) is 0. The van der Waals surface area contributed by atoms with E-state index in [1.54, 1.807) is 5.57 Å². The maximum absolute atomic E-state index is 2.61. The molecule has 0 saturated heterocycles. The van der Waals surface area contributed by atoms with Crippen LogP contribution in [-0.4, -0.2) is 0 Å². The second-order valence-corrected chi connectivity index (χ2v) is 24.3. The topological polar surface area (TPSA) is 3.24 Å². The summed E-state index contributed by atoms with van der Waals surface area (Å²) in [5.41, 5.74) is 21.4. The summed E-state index contributed by atoms with van der Waals surface area (Å²) in [7, 11) is 0. The van der Waals surface area contributed by atoms with Crippen molar-refractivity contribution in [2.75, 3.05) is 4.90 Å². The Morgan fingerprint density at radius 2 is 1.04 bits per heavy atom. The summed E-state index contributed by atoms with van der Waals surface area (Å²) in [6.45, 7) is 7.30. The van der Waals surface area contributed by atoms with Crippen molar-refractivity contribution in [1.82, 2.24) is 0 Å². The number of benzene rings is 12. The second-order valence-electron chi connectivity index (χ2n) is 24.3. The quantitative estimate of drug-likeness (QED) is 0.110. The van der Waals surface area contributed by atoms with Gasteiger partial charge in [-0.15, -0.1) is 0 Å². The third-order valence-electron chi connectivity index (χ3n) is 19.1. The van der Waals surface area contributed by atoms with Crippen molar-refractivity contribution in [2.24, 2.45) is 17.8 Å². The van der Waals surface area contributed by atoms with Crippen LogP contribution in [0.3, 0.4) is 0 Å². The van der Waals surface area contributed by atoms with Crippen molar-refractivity contribution in [3.63, 3.8) is 0 Å². The molecule has 0 heterocycles. The highest BCUT2D eigenvalue weighted by molar-refractivity contribution is 6.22. The fourth-order valence-electron chi connectivity index (χ4n) is 14.7. The zero-order valence-corrected chi connectivity index (χ0v) is 48.1. The fourth-order valence-corrected chi connectivity index (χ4v) is 14.7. The van der Waals surface area contributed by atoms with Crippen LogP contribution in [0.2, 0.25) is 0 Å². The molecule has 0 aromatic heterocycles. The molecule has 0 bridgehead atoms. The van der Waals surface area contributed by atoms with E-state index in [1.165, 1.54) is 115 Å². The molecule has 0 saturated carbocycles. The first-order valence-electron chi connectivity index (χ1n) is 30.3. The van der Waals surface area contributed by atoms with E-state index in [1.807, 2.05) is 0 Å².